The number of hydrogen-bond acceptors (Lipinski definition) is 13. The Morgan fingerprint density at radius 1 is 1.28 bits per heavy atom. The normalized spacial score (nSPS) is 25.9. The van der Waals surface area contributed by atoms with E-state index < -0.39 is 56.5 Å². The van der Waals surface area contributed by atoms with E-state index in [0.717, 1.165) is 12.8 Å². The van der Waals surface area contributed by atoms with E-state index >= 15 is 0 Å². The molecule has 5 N–H and O–H groups in total. The second kappa shape index (κ2) is 12.0. The van der Waals surface area contributed by atoms with Gasteiger partial charge in [0, 0.05) is 13.1 Å². The van der Waals surface area contributed by atoms with Crippen molar-refractivity contribution in [2.45, 2.75) is 82.8 Å². The minimum atomic E-state index is -4.25. The van der Waals surface area contributed by atoms with Crippen molar-refractivity contribution in [3.8, 4) is 5.75 Å². The molecule has 3 heterocycles. The van der Waals surface area contributed by atoms with Crippen molar-refractivity contribution in [3.05, 3.63) is 36.7 Å². The summed E-state index contributed by atoms with van der Waals surface area (Å²) in [5.41, 5.74) is 4.95. The number of ether oxygens (including phenoxy) is 2. The van der Waals surface area contributed by atoms with E-state index in [9.17, 15) is 19.6 Å². The van der Waals surface area contributed by atoms with Crippen LogP contribution in [0.3, 0.4) is 0 Å². The highest BCUT2D eigenvalue weighted by Gasteiger charge is 2.54. The van der Waals surface area contributed by atoms with Crippen molar-refractivity contribution in [2.75, 3.05) is 24.3 Å². The molecule has 43 heavy (non-hydrogen) atoms. The highest BCUT2D eigenvalue weighted by Crippen LogP contribution is 2.47. The molecular weight excluding hydrogens is 581 g/mol. The molecule has 15 nitrogen and oxygen atoms in total. The molecule has 6 atom stereocenters. The number of anilines is 2. The number of fused-ring (bicyclic) bond motifs is 1. The van der Waals surface area contributed by atoms with E-state index in [1.54, 1.807) is 44.2 Å². The monoisotopic (exact) mass is 619 g/mol. The Morgan fingerprint density at radius 3 is 2.63 bits per heavy atom. The number of aliphatic hydroxyl groups excluding tert-OH is 1. The number of para-hydroxylation sites is 1. The number of carbonyl (C=O) groups excluding carboxylic acids is 1. The molecule has 0 amide bonds. The average Bonchev–Trinajstić information content (AvgIpc) is 3.67. The van der Waals surface area contributed by atoms with Gasteiger partial charge < -0.3 is 34.8 Å². The largest absolute Gasteiger partial charge is 0.462 e. The van der Waals surface area contributed by atoms with Crippen LogP contribution in [0.25, 0.3) is 11.2 Å². The smallest absolute Gasteiger partial charge is 0.459 e. The van der Waals surface area contributed by atoms with Crippen LogP contribution < -0.4 is 20.2 Å². The van der Waals surface area contributed by atoms with E-state index in [1.807, 2.05) is 11.9 Å². The molecule has 1 aliphatic carbocycles. The molecule has 0 radical (unpaired) electrons. The number of carbonyl (C=O) groups is 1. The van der Waals surface area contributed by atoms with Crippen molar-refractivity contribution >= 4 is 36.6 Å². The number of benzene rings is 1. The van der Waals surface area contributed by atoms with Crippen LogP contribution in [-0.2, 0) is 23.4 Å². The summed E-state index contributed by atoms with van der Waals surface area (Å²) in [4.78, 5) is 27.6. The summed E-state index contributed by atoms with van der Waals surface area (Å²) in [5, 5.41) is 25.1. The number of hydrogen-bond donors (Lipinski definition) is 4. The van der Waals surface area contributed by atoms with Crippen LogP contribution in [0, 0.1) is 0 Å². The third kappa shape index (κ3) is 6.61. The first-order chi connectivity index (χ1) is 20.3. The van der Waals surface area contributed by atoms with Crippen LogP contribution in [0.1, 0.15) is 46.8 Å². The predicted octanol–water partition coefficient (Wildman–Crippen LogP) is 2.15. The van der Waals surface area contributed by atoms with Crippen LogP contribution in [0.15, 0.2) is 36.7 Å². The summed E-state index contributed by atoms with van der Waals surface area (Å²) >= 11 is 0. The van der Waals surface area contributed by atoms with Crippen LogP contribution >= 0.6 is 7.75 Å². The SMILES string of the molecule is CC(C)OC(=O)[C@H](C)N[P@@](=O)(OC[C@H]1O[C@@H](n2cnc3c(N(C)C4CC4)nc(N)nc32)[C@](C)(O)[C@@H]1O)Oc1ccccc1. The van der Waals surface area contributed by atoms with Gasteiger partial charge in [-0.1, -0.05) is 18.2 Å². The lowest BCUT2D eigenvalue weighted by Gasteiger charge is -2.27. The Labute approximate surface area is 248 Å². The number of nitrogens with two attached hydrogens (primary N) is 1. The highest BCUT2D eigenvalue weighted by atomic mass is 31.2. The maximum absolute atomic E-state index is 13.9. The van der Waals surface area contributed by atoms with Gasteiger partial charge in [-0.15, -0.1) is 0 Å². The Kier molecular flexibility index (Phi) is 8.67. The topological polar surface area (TPSA) is 196 Å². The lowest BCUT2D eigenvalue weighted by molar-refractivity contribution is -0.149. The number of nitrogens with one attached hydrogen (secondary N) is 1. The molecule has 2 aliphatic rings. The molecule has 234 valence electrons. The summed E-state index contributed by atoms with van der Waals surface area (Å²) in [7, 11) is -2.34. The number of rotatable bonds is 12. The van der Waals surface area contributed by atoms with Crippen LogP contribution in [0.4, 0.5) is 11.8 Å². The Hall–Kier alpha value is -3.33. The zero-order valence-electron chi connectivity index (χ0n) is 24.7. The summed E-state index contributed by atoms with van der Waals surface area (Å²) in [6.45, 7) is 5.77. The molecule has 0 unspecified atom stereocenters. The highest BCUT2D eigenvalue weighted by molar-refractivity contribution is 7.52. The first kappa shape index (κ1) is 31.1. The van der Waals surface area contributed by atoms with E-state index in [-0.39, 0.29) is 11.7 Å². The molecule has 1 saturated carbocycles. The molecule has 16 heteroatoms. The van der Waals surface area contributed by atoms with Gasteiger partial charge in [0.2, 0.25) is 5.95 Å². The van der Waals surface area contributed by atoms with Gasteiger partial charge in [-0.25, -0.2) is 9.55 Å². The second-order valence-corrected chi connectivity index (χ2v) is 13.0. The fourth-order valence-corrected chi connectivity index (χ4v) is 6.36. The fraction of sp³-hybridized carbons (Fsp3) is 0.556. The number of esters is 1. The fourth-order valence-electron chi connectivity index (χ4n) is 4.85. The minimum Gasteiger partial charge on any atom is -0.462 e. The molecule has 1 aliphatic heterocycles. The molecule has 1 saturated heterocycles. The van der Waals surface area contributed by atoms with Gasteiger partial charge >= 0.3 is 13.7 Å². The standard InChI is InChI=1S/C27H38N7O8P/c1-15(2)40-24(36)16(3)32-43(38,42-18-9-7-6-8-10-18)39-13-19-21(35)27(4,37)25(41-19)34-14-29-20-22(33(5)17-11-12-17)30-26(28)31-23(20)34/h6-10,14-17,19,21,25,35,37H,11-13H2,1-5H3,(H,32,38)(H2,28,30,31)/t16-,19+,21+,25+,27+,43+/m0/s1. The van der Waals surface area contributed by atoms with Gasteiger partial charge in [-0.05, 0) is 52.7 Å². The molecule has 0 spiro atoms. The molecule has 5 rings (SSSR count). The molecule has 2 fully saturated rings. The summed E-state index contributed by atoms with van der Waals surface area (Å²) < 4.78 is 38.0. The van der Waals surface area contributed by atoms with E-state index in [0.29, 0.717) is 23.0 Å². The number of imidazole rings is 1. The van der Waals surface area contributed by atoms with Gasteiger partial charge in [0.25, 0.3) is 0 Å². The summed E-state index contributed by atoms with van der Waals surface area (Å²) in [5.74, 6) is 0.132. The summed E-state index contributed by atoms with van der Waals surface area (Å²) in [6.07, 6.45) is -0.725. The Bertz CT molecular complexity index is 1500. The van der Waals surface area contributed by atoms with E-state index in [1.165, 1.54) is 24.7 Å². The minimum absolute atomic E-state index is 0.0185. The maximum atomic E-state index is 13.9. The number of nitrogen functional groups attached to an aromatic ring is 1. The Morgan fingerprint density at radius 2 is 1.98 bits per heavy atom. The molecule has 3 aromatic rings. The molecular formula is C27H38N7O8P. The Balaban J connectivity index is 1.37. The van der Waals surface area contributed by atoms with Crippen molar-refractivity contribution in [3.63, 3.8) is 0 Å². The lowest BCUT2D eigenvalue weighted by Crippen LogP contribution is -2.44. The zero-order valence-corrected chi connectivity index (χ0v) is 25.5. The first-order valence-corrected chi connectivity index (χ1v) is 15.6. The molecule has 2 aromatic heterocycles. The first-order valence-electron chi connectivity index (χ1n) is 14.1. The molecule has 1 aromatic carbocycles. The quantitative estimate of drug-likeness (QED) is 0.170. The van der Waals surface area contributed by atoms with Gasteiger partial charge in [0.1, 0.15) is 29.6 Å². The average molecular weight is 620 g/mol. The van der Waals surface area contributed by atoms with Gasteiger partial charge in [0.05, 0.1) is 19.0 Å². The van der Waals surface area contributed by atoms with Crippen molar-refractivity contribution in [1.82, 2.24) is 24.6 Å². The van der Waals surface area contributed by atoms with E-state index in [2.05, 4.69) is 20.0 Å². The van der Waals surface area contributed by atoms with Crippen LogP contribution in [-0.4, -0.2) is 85.4 Å². The van der Waals surface area contributed by atoms with Crippen LogP contribution in [0.2, 0.25) is 0 Å². The van der Waals surface area contributed by atoms with E-state index in [4.69, 9.17) is 24.3 Å². The zero-order chi connectivity index (χ0) is 31.1. The second-order valence-electron chi connectivity index (χ2n) is 11.3. The summed E-state index contributed by atoms with van der Waals surface area (Å²) in [6, 6.07) is 7.53. The van der Waals surface area contributed by atoms with Crippen molar-refractivity contribution in [2.24, 2.45) is 0 Å². The van der Waals surface area contributed by atoms with Gasteiger partial charge in [-0.2, -0.15) is 15.1 Å². The van der Waals surface area contributed by atoms with Crippen molar-refractivity contribution < 1.29 is 38.1 Å². The van der Waals surface area contributed by atoms with Gasteiger partial charge in [0.15, 0.2) is 23.2 Å². The number of nitrogens with zero attached hydrogens (tertiary/aromatic N) is 5. The third-order valence-corrected chi connectivity index (χ3v) is 8.93. The number of aliphatic hydroxyl groups is 2. The predicted molar refractivity (Wildman–Crippen MR) is 156 cm³/mol. The number of aromatic nitrogens is 4. The van der Waals surface area contributed by atoms with Crippen molar-refractivity contribution in [1.29, 1.82) is 0 Å². The van der Waals surface area contributed by atoms with Gasteiger partial charge in [-0.3, -0.25) is 13.9 Å². The maximum Gasteiger partial charge on any atom is 0.459 e. The third-order valence-electron chi connectivity index (χ3n) is 7.29. The lowest BCUT2D eigenvalue weighted by atomic mass is 9.96. The van der Waals surface area contributed by atoms with Crippen LogP contribution in [0.5, 0.6) is 5.75 Å². The molecule has 0 bridgehead atoms.